The van der Waals surface area contributed by atoms with Gasteiger partial charge in [0.1, 0.15) is 18.1 Å². The van der Waals surface area contributed by atoms with Crippen LogP contribution in [0.5, 0.6) is 11.5 Å². The molecule has 40 heavy (non-hydrogen) atoms. The minimum atomic E-state index is -0.934. The molecule has 1 fully saturated rings. The second-order valence-corrected chi connectivity index (χ2v) is 10.0. The number of hydrogen-bond acceptors (Lipinski definition) is 6. The van der Waals surface area contributed by atoms with Gasteiger partial charge in [-0.2, -0.15) is 0 Å². The Hall–Kier alpha value is -4.40. The maximum absolute atomic E-state index is 14.2. The van der Waals surface area contributed by atoms with Crippen molar-refractivity contribution in [3.63, 3.8) is 0 Å². The summed E-state index contributed by atoms with van der Waals surface area (Å²) in [7, 11) is 3.11. The number of amides is 2. The normalized spacial score (nSPS) is 14.2. The number of hydrogen-bond donors (Lipinski definition) is 1. The third-order valence-electron chi connectivity index (χ3n) is 7.50. The molecule has 0 bridgehead atoms. The highest BCUT2D eigenvalue weighted by atomic mass is 16.5. The molecule has 0 spiro atoms. The van der Waals surface area contributed by atoms with Crippen LogP contribution in [0.4, 0.5) is 0 Å². The van der Waals surface area contributed by atoms with Gasteiger partial charge < -0.3 is 19.7 Å². The van der Waals surface area contributed by atoms with Crippen molar-refractivity contribution in [2.45, 2.75) is 50.7 Å². The fourth-order valence-electron chi connectivity index (χ4n) is 5.47. The van der Waals surface area contributed by atoms with E-state index >= 15 is 0 Å². The van der Waals surface area contributed by atoms with Crippen LogP contribution in [0.15, 0.2) is 72.8 Å². The van der Waals surface area contributed by atoms with Crippen LogP contribution in [-0.4, -0.2) is 58.5 Å². The Morgan fingerprint density at radius 3 is 2.48 bits per heavy atom. The summed E-state index contributed by atoms with van der Waals surface area (Å²) in [4.78, 5) is 29.9. The predicted octanol–water partition coefficient (Wildman–Crippen LogP) is 4.32. The lowest BCUT2D eigenvalue weighted by Crippen LogP contribution is -2.47. The molecular formula is C31H35N5O4. The van der Waals surface area contributed by atoms with Gasteiger partial charge in [0, 0.05) is 18.2 Å². The molecule has 4 aromatic rings. The number of nitrogens with zero attached hydrogens (tertiary/aromatic N) is 4. The highest BCUT2D eigenvalue weighted by Gasteiger charge is 2.36. The second kappa shape index (κ2) is 12.6. The molecule has 1 atom stereocenters. The number of fused-ring (bicyclic) bond motifs is 1. The van der Waals surface area contributed by atoms with E-state index in [0.29, 0.717) is 35.5 Å². The molecule has 1 aromatic heterocycles. The molecule has 0 unspecified atom stereocenters. The van der Waals surface area contributed by atoms with Crippen LogP contribution in [0.3, 0.4) is 0 Å². The van der Waals surface area contributed by atoms with E-state index in [4.69, 9.17) is 9.47 Å². The average Bonchev–Trinajstić information content (AvgIpc) is 3.65. The Morgan fingerprint density at radius 1 is 0.975 bits per heavy atom. The number of carbonyl (C=O) groups excluding carboxylic acids is 2. The minimum absolute atomic E-state index is 0.0607. The standard InChI is InChI=1S/C31H35N5O4/c1-39-27-18-10-15-24(30(27)40-2)29(31(38)32-23-13-6-7-14-23)35(20-19-22-11-4-3-5-12-22)28(37)21-36-26-17-9-8-16-25(26)33-34-36/h3-5,8-12,15-18,23,29H,6-7,13-14,19-21H2,1-2H3,(H,32,38)/t29-/m0/s1. The maximum Gasteiger partial charge on any atom is 0.247 e. The predicted molar refractivity (Wildman–Crippen MR) is 152 cm³/mol. The number of methoxy groups -OCH3 is 2. The molecule has 0 saturated heterocycles. The van der Waals surface area contributed by atoms with Crippen LogP contribution >= 0.6 is 0 Å². The van der Waals surface area contributed by atoms with Crippen molar-refractivity contribution in [3.8, 4) is 11.5 Å². The molecule has 9 heteroatoms. The molecule has 1 heterocycles. The van der Waals surface area contributed by atoms with E-state index in [2.05, 4.69) is 15.6 Å². The lowest BCUT2D eigenvalue weighted by molar-refractivity contribution is -0.141. The highest BCUT2D eigenvalue weighted by molar-refractivity contribution is 5.90. The van der Waals surface area contributed by atoms with E-state index in [1.807, 2.05) is 66.7 Å². The molecule has 5 rings (SSSR count). The first-order valence-corrected chi connectivity index (χ1v) is 13.7. The van der Waals surface area contributed by atoms with Crippen LogP contribution in [0.2, 0.25) is 0 Å². The molecule has 0 radical (unpaired) electrons. The summed E-state index contributed by atoms with van der Waals surface area (Å²) in [6, 6.07) is 22.0. The summed E-state index contributed by atoms with van der Waals surface area (Å²) in [6.45, 7) is 0.257. The summed E-state index contributed by atoms with van der Waals surface area (Å²) in [6.07, 6.45) is 4.58. The number of aromatic nitrogens is 3. The molecular weight excluding hydrogens is 506 g/mol. The third kappa shape index (κ3) is 5.93. The van der Waals surface area contributed by atoms with E-state index in [9.17, 15) is 9.59 Å². The molecule has 1 aliphatic rings. The SMILES string of the molecule is COc1cccc([C@@H](C(=O)NC2CCCC2)N(CCc2ccccc2)C(=O)Cn2nnc3ccccc32)c1OC. The summed E-state index contributed by atoms with van der Waals surface area (Å²) in [5.74, 6) is 0.447. The fraction of sp³-hybridized carbons (Fsp3) is 0.355. The topological polar surface area (TPSA) is 98.6 Å². The minimum Gasteiger partial charge on any atom is -0.493 e. The summed E-state index contributed by atoms with van der Waals surface area (Å²) in [5.41, 5.74) is 3.10. The second-order valence-electron chi connectivity index (χ2n) is 10.0. The Balaban J connectivity index is 1.55. The van der Waals surface area contributed by atoms with Crippen molar-refractivity contribution in [2.75, 3.05) is 20.8 Å². The van der Waals surface area contributed by atoms with E-state index in [1.54, 1.807) is 29.9 Å². The molecule has 1 saturated carbocycles. The Bertz CT molecular complexity index is 1450. The van der Waals surface area contributed by atoms with Gasteiger partial charge >= 0.3 is 0 Å². The van der Waals surface area contributed by atoms with Gasteiger partial charge in [-0.05, 0) is 43.0 Å². The Morgan fingerprint density at radius 2 is 1.73 bits per heavy atom. The lowest BCUT2D eigenvalue weighted by Gasteiger charge is -2.33. The van der Waals surface area contributed by atoms with Gasteiger partial charge in [0.05, 0.1) is 19.7 Å². The molecule has 1 aliphatic carbocycles. The largest absolute Gasteiger partial charge is 0.493 e. The number of para-hydroxylation sites is 2. The zero-order valence-electron chi connectivity index (χ0n) is 23.0. The van der Waals surface area contributed by atoms with Gasteiger partial charge in [-0.1, -0.05) is 72.7 Å². The zero-order chi connectivity index (χ0) is 27.9. The summed E-state index contributed by atoms with van der Waals surface area (Å²) >= 11 is 0. The Labute approximate surface area is 234 Å². The van der Waals surface area contributed by atoms with Crippen LogP contribution in [0.25, 0.3) is 11.0 Å². The summed E-state index contributed by atoms with van der Waals surface area (Å²) < 4.78 is 12.9. The summed E-state index contributed by atoms with van der Waals surface area (Å²) in [5, 5.41) is 11.7. The molecule has 2 amide bonds. The first kappa shape index (κ1) is 27.2. The highest BCUT2D eigenvalue weighted by Crippen LogP contribution is 2.38. The lowest BCUT2D eigenvalue weighted by atomic mass is 10.0. The van der Waals surface area contributed by atoms with Crippen LogP contribution in [0, 0.1) is 0 Å². The molecule has 1 N–H and O–H groups in total. The number of carbonyl (C=O) groups is 2. The van der Waals surface area contributed by atoms with Gasteiger partial charge in [-0.15, -0.1) is 5.10 Å². The first-order valence-electron chi connectivity index (χ1n) is 13.7. The van der Waals surface area contributed by atoms with Crippen LogP contribution < -0.4 is 14.8 Å². The molecule has 0 aliphatic heterocycles. The maximum atomic E-state index is 14.2. The number of ether oxygens (including phenoxy) is 2. The van der Waals surface area contributed by atoms with E-state index in [-0.39, 0.29) is 24.4 Å². The van der Waals surface area contributed by atoms with E-state index in [0.717, 1.165) is 36.8 Å². The fourth-order valence-corrected chi connectivity index (χ4v) is 5.47. The van der Waals surface area contributed by atoms with Crippen molar-refractivity contribution in [2.24, 2.45) is 0 Å². The van der Waals surface area contributed by atoms with Gasteiger partial charge in [0.2, 0.25) is 11.8 Å². The first-order chi connectivity index (χ1) is 19.6. The van der Waals surface area contributed by atoms with E-state index < -0.39 is 6.04 Å². The van der Waals surface area contributed by atoms with Gasteiger partial charge in [0.15, 0.2) is 11.5 Å². The molecule has 9 nitrogen and oxygen atoms in total. The number of rotatable bonds is 11. The van der Waals surface area contributed by atoms with Crippen molar-refractivity contribution in [1.82, 2.24) is 25.2 Å². The van der Waals surface area contributed by atoms with Gasteiger partial charge in [-0.25, -0.2) is 4.68 Å². The van der Waals surface area contributed by atoms with Crippen molar-refractivity contribution >= 4 is 22.8 Å². The van der Waals surface area contributed by atoms with Crippen LogP contribution in [-0.2, 0) is 22.6 Å². The number of benzene rings is 3. The molecule has 3 aromatic carbocycles. The average molecular weight is 542 g/mol. The van der Waals surface area contributed by atoms with Crippen LogP contribution in [0.1, 0.15) is 42.9 Å². The van der Waals surface area contributed by atoms with Gasteiger partial charge in [0.25, 0.3) is 0 Å². The zero-order valence-corrected chi connectivity index (χ0v) is 23.0. The molecule has 208 valence electrons. The van der Waals surface area contributed by atoms with Crippen molar-refractivity contribution in [3.05, 3.63) is 83.9 Å². The Kier molecular flexibility index (Phi) is 8.59. The van der Waals surface area contributed by atoms with Crippen molar-refractivity contribution in [1.29, 1.82) is 0 Å². The van der Waals surface area contributed by atoms with Crippen molar-refractivity contribution < 1.29 is 19.1 Å². The van der Waals surface area contributed by atoms with Gasteiger partial charge in [-0.3, -0.25) is 9.59 Å². The number of nitrogens with one attached hydrogen (secondary N) is 1. The van der Waals surface area contributed by atoms with E-state index in [1.165, 1.54) is 0 Å². The monoisotopic (exact) mass is 541 g/mol. The quantitative estimate of drug-likeness (QED) is 0.304. The smallest absolute Gasteiger partial charge is 0.247 e. The third-order valence-corrected chi connectivity index (χ3v) is 7.50.